The smallest absolute Gasteiger partial charge is 0.274 e. The SMILES string of the molecule is COCCn1nc(C(=O)N(C)CC(=O)Nc2ccc(Br)cc2C)ccc1=O. The normalized spacial score (nSPS) is 10.5. The molecule has 0 spiro atoms. The van der Waals surface area contributed by atoms with Gasteiger partial charge < -0.3 is 15.0 Å². The van der Waals surface area contributed by atoms with Gasteiger partial charge in [0.25, 0.3) is 11.5 Å². The van der Waals surface area contributed by atoms with Crippen LogP contribution in [0.5, 0.6) is 0 Å². The van der Waals surface area contributed by atoms with E-state index in [1.54, 1.807) is 6.07 Å². The zero-order valence-electron chi connectivity index (χ0n) is 15.4. The molecule has 0 aliphatic heterocycles. The van der Waals surface area contributed by atoms with E-state index in [0.717, 1.165) is 14.7 Å². The summed E-state index contributed by atoms with van der Waals surface area (Å²) in [5.41, 5.74) is 1.34. The Kier molecular flexibility index (Phi) is 7.26. The molecule has 0 unspecified atom stereocenters. The number of nitrogens with zero attached hydrogens (tertiary/aromatic N) is 3. The number of benzene rings is 1. The molecule has 0 fully saturated rings. The molecule has 2 rings (SSSR count). The minimum atomic E-state index is -0.455. The molecule has 1 aromatic heterocycles. The molecule has 27 heavy (non-hydrogen) atoms. The number of carbonyl (C=O) groups excluding carboxylic acids is 2. The van der Waals surface area contributed by atoms with Gasteiger partial charge >= 0.3 is 0 Å². The van der Waals surface area contributed by atoms with Crippen molar-refractivity contribution >= 4 is 33.4 Å². The van der Waals surface area contributed by atoms with Crippen LogP contribution in [-0.2, 0) is 16.1 Å². The molecule has 2 amide bonds. The third kappa shape index (κ3) is 5.73. The average Bonchev–Trinajstić information content (AvgIpc) is 2.62. The van der Waals surface area contributed by atoms with Crippen molar-refractivity contribution in [1.29, 1.82) is 0 Å². The second kappa shape index (κ2) is 9.43. The summed E-state index contributed by atoms with van der Waals surface area (Å²) in [5.74, 6) is -0.784. The summed E-state index contributed by atoms with van der Waals surface area (Å²) >= 11 is 3.37. The van der Waals surface area contributed by atoms with Crippen LogP contribution >= 0.6 is 15.9 Å². The summed E-state index contributed by atoms with van der Waals surface area (Å²) < 4.78 is 7.00. The summed E-state index contributed by atoms with van der Waals surface area (Å²) in [4.78, 5) is 37.8. The molecular formula is C18H21BrN4O4. The van der Waals surface area contributed by atoms with Gasteiger partial charge in [-0.1, -0.05) is 15.9 Å². The second-order valence-electron chi connectivity index (χ2n) is 5.94. The van der Waals surface area contributed by atoms with E-state index in [1.165, 1.54) is 31.2 Å². The number of methoxy groups -OCH3 is 1. The van der Waals surface area contributed by atoms with Crippen LogP contribution in [0.2, 0.25) is 0 Å². The average molecular weight is 437 g/mol. The fourth-order valence-electron chi connectivity index (χ4n) is 2.34. The van der Waals surface area contributed by atoms with Crippen LogP contribution in [0, 0.1) is 6.92 Å². The largest absolute Gasteiger partial charge is 0.383 e. The van der Waals surface area contributed by atoms with Crippen molar-refractivity contribution in [2.24, 2.45) is 0 Å². The lowest BCUT2D eigenvalue weighted by Crippen LogP contribution is -2.36. The Morgan fingerprint density at radius 2 is 2.04 bits per heavy atom. The molecule has 1 aromatic carbocycles. The molecule has 0 aliphatic carbocycles. The summed E-state index contributed by atoms with van der Waals surface area (Å²) in [6, 6.07) is 8.12. The van der Waals surface area contributed by atoms with Crippen LogP contribution in [0.4, 0.5) is 5.69 Å². The van der Waals surface area contributed by atoms with E-state index in [0.29, 0.717) is 12.3 Å². The van der Waals surface area contributed by atoms with Crippen LogP contribution in [0.25, 0.3) is 0 Å². The molecule has 0 bridgehead atoms. The van der Waals surface area contributed by atoms with Gasteiger partial charge in [0.1, 0.15) is 5.69 Å². The number of hydrogen-bond donors (Lipinski definition) is 1. The summed E-state index contributed by atoms with van der Waals surface area (Å²) in [6.07, 6.45) is 0. The Hall–Kier alpha value is -2.52. The van der Waals surface area contributed by atoms with Gasteiger partial charge in [0.2, 0.25) is 5.91 Å². The van der Waals surface area contributed by atoms with Crippen molar-refractivity contribution in [2.75, 3.05) is 32.6 Å². The Labute approximate surface area is 165 Å². The lowest BCUT2D eigenvalue weighted by atomic mass is 10.2. The molecule has 9 heteroatoms. The van der Waals surface area contributed by atoms with E-state index in [9.17, 15) is 14.4 Å². The molecule has 144 valence electrons. The maximum absolute atomic E-state index is 12.5. The third-order valence-electron chi connectivity index (χ3n) is 3.78. The molecule has 2 aromatic rings. The van der Waals surface area contributed by atoms with Gasteiger partial charge in [0, 0.05) is 30.4 Å². The highest BCUT2D eigenvalue weighted by Gasteiger charge is 2.18. The topological polar surface area (TPSA) is 93.5 Å². The molecule has 0 atom stereocenters. The second-order valence-corrected chi connectivity index (χ2v) is 6.86. The quantitative estimate of drug-likeness (QED) is 0.712. The predicted molar refractivity (Wildman–Crippen MR) is 105 cm³/mol. The maximum atomic E-state index is 12.5. The highest BCUT2D eigenvalue weighted by molar-refractivity contribution is 9.10. The number of aryl methyl sites for hydroxylation is 1. The molecular weight excluding hydrogens is 416 g/mol. The van der Waals surface area contributed by atoms with Crippen molar-refractivity contribution in [3.63, 3.8) is 0 Å². The Morgan fingerprint density at radius 3 is 2.70 bits per heavy atom. The van der Waals surface area contributed by atoms with Gasteiger partial charge in [-0.2, -0.15) is 5.10 Å². The van der Waals surface area contributed by atoms with Crippen LogP contribution in [0.3, 0.4) is 0 Å². The zero-order valence-corrected chi connectivity index (χ0v) is 16.9. The van der Waals surface area contributed by atoms with Gasteiger partial charge in [0.15, 0.2) is 0 Å². The van der Waals surface area contributed by atoms with Crippen molar-refractivity contribution in [3.8, 4) is 0 Å². The Balaban J connectivity index is 2.04. The first-order chi connectivity index (χ1) is 12.8. The van der Waals surface area contributed by atoms with E-state index >= 15 is 0 Å². The first-order valence-corrected chi connectivity index (χ1v) is 8.99. The Morgan fingerprint density at radius 1 is 1.30 bits per heavy atom. The number of likely N-dealkylation sites (N-methyl/N-ethyl adjacent to an activating group) is 1. The fourth-order valence-corrected chi connectivity index (χ4v) is 2.82. The van der Waals surface area contributed by atoms with Crippen LogP contribution in [0.1, 0.15) is 16.1 Å². The van der Waals surface area contributed by atoms with E-state index in [-0.39, 0.29) is 30.2 Å². The molecule has 0 saturated heterocycles. The monoisotopic (exact) mass is 436 g/mol. The number of amides is 2. The summed E-state index contributed by atoms with van der Waals surface area (Å²) in [7, 11) is 3.02. The van der Waals surface area contributed by atoms with Crippen molar-refractivity contribution in [3.05, 3.63) is 56.4 Å². The van der Waals surface area contributed by atoms with Gasteiger partial charge in [-0.3, -0.25) is 14.4 Å². The third-order valence-corrected chi connectivity index (χ3v) is 4.28. The number of anilines is 1. The van der Waals surface area contributed by atoms with E-state index < -0.39 is 5.91 Å². The number of carbonyl (C=O) groups is 2. The van der Waals surface area contributed by atoms with Crippen molar-refractivity contribution in [1.82, 2.24) is 14.7 Å². The van der Waals surface area contributed by atoms with Gasteiger partial charge in [-0.15, -0.1) is 0 Å². The van der Waals surface area contributed by atoms with Crippen molar-refractivity contribution < 1.29 is 14.3 Å². The number of halogens is 1. The molecule has 0 saturated carbocycles. The standard InChI is InChI=1S/C18H21BrN4O4/c1-12-10-13(19)4-5-14(12)20-16(24)11-22(2)18(26)15-6-7-17(25)23(21-15)8-9-27-3/h4-7,10H,8-9,11H2,1-3H3,(H,20,24). The molecule has 0 radical (unpaired) electrons. The number of rotatable bonds is 7. The minimum Gasteiger partial charge on any atom is -0.383 e. The van der Waals surface area contributed by atoms with E-state index in [4.69, 9.17) is 4.74 Å². The van der Waals surface area contributed by atoms with Crippen LogP contribution in [-0.4, -0.2) is 53.8 Å². The molecule has 0 aliphatic rings. The van der Waals surface area contributed by atoms with E-state index in [1.807, 2.05) is 19.1 Å². The fraction of sp³-hybridized carbons (Fsp3) is 0.333. The number of ether oxygens (including phenoxy) is 1. The maximum Gasteiger partial charge on any atom is 0.274 e. The van der Waals surface area contributed by atoms with Crippen molar-refractivity contribution in [2.45, 2.75) is 13.5 Å². The lowest BCUT2D eigenvalue weighted by Gasteiger charge is -2.17. The summed E-state index contributed by atoms with van der Waals surface area (Å²) in [5, 5.41) is 6.82. The molecule has 8 nitrogen and oxygen atoms in total. The number of aromatic nitrogens is 2. The van der Waals surface area contributed by atoms with Gasteiger partial charge in [-0.25, -0.2) is 4.68 Å². The lowest BCUT2D eigenvalue weighted by molar-refractivity contribution is -0.116. The Bertz CT molecular complexity index is 897. The van der Waals surface area contributed by atoms with Crippen LogP contribution < -0.4 is 10.9 Å². The number of hydrogen-bond acceptors (Lipinski definition) is 5. The predicted octanol–water partition coefficient (Wildman–Crippen LogP) is 1.67. The van der Waals surface area contributed by atoms with Gasteiger partial charge in [-0.05, 0) is 36.8 Å². The number of nitrogens with one attached hydrogen (secondary N) is 1. The minimum absolute atomic E-state index is 0.0841. The molecule has 1 N–H and O–H groups in total. The van der Waals surface area contributed by atoms with Crippen LogP contribution in [0.15, 0.2) is 39.6 Å². The summed E-state index contributed by atoms with van der Waals surface area (Å²) in [6.45, 7) is 2.27. The van der Waals surface area contributed by atoms with Gasteiger partial charge in [0.05, 0.1) is 19.7 Å². The first kappa shape index (κ1) is 20.8. The van der Waals surface area contributed by atoms with E-state index in [2.05, 4.69) is 26.3 Å². The molecule has 1 heterocycles. The highest BCUT2D eigenvalue weighted by atomic mass is 79.9. The highest BCUT2D eigenvalue weighted by Crippen LogP contribution is 2.19. The first-order valence-electron chi connectivity index (χ1n) is 8.20. The zero-order chi connectivity index (χ0) is 20.0.